The maximum atomic E-state index is 6.03. The van der Waals surface area contributed by atoms with Crippen molar-refractivity contribution >= 4 is 39.9 Å². The molecule has 90 valence electrons. The van der Waals surface area contributed by atoms with Gasteiger partial charge in [-0.3, -0.25) is 0 Å². The molecule has 2 rings (SSSR count). The van der Waals surface area contributed by atoms with Gasteiger partial charge in [0, 0.05) is 5.69 Å². The second-order valence-electron chi connectivity index (χ2n) is 3.41. The van der Waals surface area contributed by atoms with Gasteiger partial charge in [-0.2, -0.15) is 0 Å². The Kier molecular flexibility index (Phi) is 4.17. The predicted octanol–water partition coefficient (Wildman–Crippen LogP) is 4.16. The van der Waals surface area contributed by atoms with Crippen molar-refractivity contribution in [2.45, 2.75) is 6.54 Å². The number of hydrogen-bond donors (Lipinski definition) is 1. The van der Waals surface area contributed by atoms with Crippen LogP contribution in [0.1, 0.15) is 5.76 Å². The molecule has 0 spiro atoms. The molecular formula is C12H11ClINO2. The molecule has 0 aliphatic rings. The van der Waals surface area contributed by atoms with E-state index in [-0.39, 0.29) is 0 Å². The molecule has 1 aromatic heterocycles. The highest BCUT2D eigenvalue weighted by molar-refractivity contribution is 14.1. The highest BCUT2D eigenvalue weighted by atomic mass is 127. The number of anilines is 1. The Hall–Kier alpha value is -0.880. The zero-order valence-corrected chi connectivity index (χ0v) is 12.1. The van der Waals surface area contributed by atoms with Crippen LogP contribution in [0.4, 0.5) is 5.69 Å². The molecule has 0 amide bonds. The fourth-order valence-corrected chi connectivity index (χ4v) is 2.13. The van der Waals surface area contributed by atoms with Crippen LogP contribution in [0.5, 0.6) is 5.75 Å². The van der Waals surface area contributed by atoms with E-state index in [1.165, 1.54) is 0 Å². The third-order valence-electron chi connectivity index (χ3n) is 2.25. The molecule has 0 saturated heterocycles. The van der Waals surface area contributed by atoms with E-state index in [0.29, 0.717) is 17.3 Å². The number of ether oxygens (including phenoxy) is 1. The first-order valence-electron chi connectivity index (χ1n) is 5.00. The number of nitrogens with one attached hydrogen (secondary N) is 1. The Morgan fingerprint density at radius 1 is 1.35 bits per heavy atom. The lowest BCUT2D eigenvalue weighted by molar-refractivity contribution is 0.415. The summed E-state index contributed by atoms with van der Waals surface area (Å²) in [6.45, 7) is 0.631. The summed E-state index contributed by atoms with van der Waals surface area (Å²) in [5, 5.41) is 3.82. The maximum Gasteiger partial charge on any atom is 0.164 e. The third-order valence-corrected chi connectivity index (χ3v) is 3.12. The summed E-state index contributed by atoms with van der Waals surface area (Å²) in [5.74, 6) is 1.56. The average Bonchev–Trinajstić information content (AvgIpc) is 2.73. The van der Waals surface area contributed by atoms with Crippen LogP contribution in [-0.4, -0.2) is 7.11 Å². The first kappa shape index (κ1) is 12.6. The largest absolute Gasteiger partial charge is 0.495 e. The molecule has 5 heteroatoms. The van der Waals surface area contributed by atoms with Crippen LogP contribution < -0.4 is 10.1 Å². The number of halogens is 2. The third kappa shape index (κ3) is 3.29. The minimum absolute atomic E-state index is 0.589. The smallest absolute Gasteiger partial charge is 0.164 e. The lowest BCUT2D eigenvalue weighted by Gasteiger charge is -2.07. The summed E-state index contributed by atoms with van der Waals surface area (Å²) in [7, 11) is 1.60. The van der Waals surface area contributed by atoms with Crippen LogP contribution in [0.3, 0.4) is 0 Å². The average molecular weight is 364 g/mol. The van der Waals surface area contributed by atoms with Crippen LogP contribution in [0.25, 0.3) is 0 Å². The molecule has 0 bridgehead atoms. The minimum Gasteiger partial charge on any atom is -0.495 e. The Bertz CT molecular complexity index is 513. The fraction of sp³-hybridized carbons (Fsp3) is 0.167. The Balaban J connectivity index is 2.02. The highest BCUT2D eigenvalue weighted by Gasteiger charge is 2.03. The number of hydrogen-bond acceptors (Lipinski definition) is 3. The summed E-state index contributed by atoms with van der Waals surface area (Å²) in [5.41, 5.74) is 0.933. The van der Waals surface area contributed by atoms with Crippen molar-refractivity contribution in [3.63, 3.8) is 0 Å². The number of rotatable bonds is 4. The molecule has 0 unspecified atom stereocenters. The van der Waals surface area contributed by atoms with E-state index < -0.39 is 0 Å². The molecule has 3 nitrogen and oxygen atoms in total. The van der Waals surface area contributed by atoms with Crippen LogP contribution in [0, 0.1) is 3.77 Å². The predicted molar refractivity (Wildman–Crippen MR) is 76.8 cm³/mol. The molecule has 2 aromatic rings. The van der Waals surface area contributed by atoms with Gasteiger partial charge in [0.2, 0.25) is 0 Å². The Labute approximate surface area is 118 Å². The monoisotopic (exact) mass is 363 g/mol. The Morgan fingerprint density at radius 2 is 2.18 bits per heavy atom. The molecule has 0 fully saturated rings. The zero-order valence-electron chi connectivity index (χ0n) is 9.17. The van der Waals surface area contributed by atoms with Crippen molar-refractivity contribution < 1.29 is 9.15 Å². The van der Waals surface area contributed by atoms with Gasteiger partial charge < -0.3 is 14.5 Å². The van der Waals surface area contributed by atoms with Gasteiger partial charge in [0.05, 0.1) is 18.7 Å². The van der Waals surface area contributed by atoms with E-state index in [1.807, 2.05) is 30.3 Å². The Morgan fingerprint density at radius 3 is 2.76 bits per heavy atom. The molecule has 1 heterocycles. The minimum atomic E-state index is 0.589. The van der Waals surface area contributed by atoms with E-state index in [2.05, 4.69) is 27.9 Å². The molecular weight excluding hydrogens is 352 g/mol. The topological polar surface area (TPSA) is 34.4 Å². The molecule has 0 radical (unpaired) electrons. The van der Waals surface area contributed by atoms with Crippen molar-refractivity contribution in [3.05, 3.63) is 44.9 Å². The van der Waals surface area contributed by atoms with Gasteiger partial charge in [0.15, 0.2) is 3.77 Å². The van der Waals surface area contributed by atoms with E-state index >= 15 is 0 Å². The van der Waals surface area contributed by atoms with E-state index in [1.54, 1.807) is 7.11 Å². The summed E-state index contributed by atoms with van der Waals surface area (Å²) in [6.07, 6.45) is 0. The van der Waals surface area contributed by atoms with Gasteiger partial charge in [-0.25, -0.2) is 0 Å². The molecule has 0 saturated carbocycles. The summed E-state index contributed by atoms with van der Waals surface area (Å²) in [4.78, 5) is 0. The van der Waals surface area contributed by atoms with Crippen molar-refractivity contribution in [2.75, 3.05) is 12.4 Å². The van der Waals surface area contributed by atoms with Gasteiger partial charge in [-0.05, 0) is 52.9 Å². The zero-order chi connectivity index (χ0) is 12.3. The second-order valence-corrected chi connectivity index (χ2v) is 4.88. The summed E-state index contributed by atoms with van der Waals surface area (Å²) in [6, 6.07) is 9.45. The van der Waals surface area contributed by atoms with Crippen LogP contribution in [0.2, 0.25) is 5.02 Å². The highest BCUT2D eigenvalue weighted by Crippen LogP contribution is 2.27. The molecule has 0 aliphatic heterocycles. The molecule has 0 aliphatic carbocycles. The van der Waals surface area contributed by atoms with Gasteiger partial charge in [-0.15, -0.1) is 0 Å². The quantitative estimate of drug-likeness (QED) is 0.828. The molecule has 1 aromatic carbocycles. The van der Waals surface area contributed by atoms with Crippen LogP contribution in [-0.2, 0) is 6.54 Å². The van der Waals surface area contributed by atoms with Crippen LogP contribution in [0.15, 0.2) is 34.7 Å². The van der Waals surface area contributed by atoms with Crippen molar-refractivity contribution in [2.24, 2.45) is 0 Å². The van der Waals surface area contributed by atoms with E-state index in [0.717, 1.165) is 15.2 Å². The van der Waals surface area contributed by atoms with E-state index in [4.69, 9.17) is 20.8 Å². The van der Waals surface area contributed by atoms with Crippen molar-refractivity contribution in [1.82, 2.24) is 0 Å². The lowest BCUT2D eigenvalue weighted by Crippen LogP contribution is -1.98. The summed E-state index contributed by atoms with van der Waals surface area (Å²) >= 11 is 8.16. The number of methoxy groups -OCH3 is 1. The standard InChI is InChI=1S/C12H11ClINO2/c1-16-11-4-2-8(6-10(11)13)15-7-9-3-5-12(14)17-9/h2-6,15H,7H2,1H3. The van der Waals surface area contributed by atoms with E-state index in [9.17, 15) is 0 Å². The van der Waals surface area contributed by atoms with Crippen molar-refractivity contribution in [3.8, 4) is 5.75 Å². The van der Waals surface area contributed by atoms with Gasteiger partial charge >= 0.3 is 0 Å². The summed E-state index contributed by atoms with van der Waals surface area (Å²) < 4.78 is 11.4. The van der Waals surface area contributed by atoms with Crippen LogP contribution >= 0.6 is 34.2 Å². The fourth-order valence-electron chi connectivity index (χ4n) is 1.41. The molecule has 1 N–H and O–H groups in total. The normalized spacial score (nSPS) is 10.3. The first-order chi connectivity index (χ1) is 8.19. The molecule has 0 atom stereocenters. The second kappa shape index (κ2) is 5.64. The first-order valence-corrected chi connectivity index (χ1v) is 6.46. The lowest BCUT2D eigenvalue weighted by atomic mass is 10.3. The van der Waals surface area contributed by atoms with Gasteiger partial charge in [-0.1, -0.05) is 11.6 Å². The molecule has 17 heavy (non-hydrogen) atoms. The SMILES string of the molecule is COc1ccc(NCc2ccc(I)o2)cc1Cl. The number of furan rings is 1. The van der Waals surface area contributed by atoms with Gasteiger partial charge in [0.1, 0.15) is 11.5 Å². The van der Waals surface area contributed by atoms with Crippen molar-refractivity contribution in [1.29, 1.82) is 0 Å². The number of benzene rings is 1. The van der Waals surface area contributed by atoms with Gasteiger partial charge in [0.25, 0.3) is 0 Å². The maximum absolute atomic E-state index is 6.03.